The summed E-state index contributed by atoms with van der Waals surface area (Å²) >= 11 is 18.9. The first-order valence-corrected chi connectivity index (χ1v) is 13.3. The first kappa shape index (κ1) is 27.2. The Labute approximate surface area is 234 Å². The van der Waals surface area contributed by atoms with Crippen molar-refractivity contribution in [2.75, 3.05) is 0 Å². The average Bonchev–Trinajstić information content (AvgIpc) is 3.29. The third-order valence-electron chi connectivity index (χ3n) is 5.55. The molecular weight excluding hydrogens is 553 g/mol. The molecule has 1 amide bonds. The van der Waals surface area contributed by atoms with Crippen LogP contribution in [0.2, 0.25) is 10.0 Å². The number of carboxylic acids is 1. The minimum atomic E-state index is -1.10. The van der Waals surface area contributed by atoms with Gasteiger partial charge in [0.2, 0.25) is 5.88 Å². The molecule has 1 saturated heterocycles. The number of halogens is 2. The highest BCUT2D eigenvalue weighted by molar-refractivity contribution is 8.26. The topological polar surface area (TPSA) is 84.7 Å². The number of aliphatic carboxylic acids is 1. The van der Waals surface area contributed by atoms with Crippen molar-refractivity contribution in [1.29, 1.82) is 0 Å². The number of carbonyl (C=O) groups excluding carboxylic acids is 1. The lowest BCUT2D eigenvalue weighted by molar-refractivity contribution is -0.145. The molecule has 4 rings (SSSR count). The average molecular weight is 577 g/mol. The van der Waals surface area contributed by atoms with Crippen LogP contribution in [0.25, 0.3) is 11.8 Å². The van der Waals surface area contributed by atoms with E-state index < -0.39 is 17.9 Å². The molecule has 7 nitrogen and oxygen atoms in total. The van der Waals surface area contributed by atoms with E-state index in [-0.39, 0.29) is 21.6 Å². The zero-order valence-corrected chi connectivity index (χ0v) is 23.3. The highest BCUT2D eigenvalue weighted by Crippen LogP contribution is 2.40. The molecule has 1 aliphatic heterocycles. The SMILES string of the molecule is Cc1nn(-c2ccccc2)c(Oc2ccc(Cl)cc2Cl)c1/C=C1\SC(=S)N([C@@H](CC(C)C)C(=O)O)C1=O. The van der Waals surface area contributed by atoms with Crippen LogP contribution in [0, 0.1) is 12.8 Å². The van der Waals surface area contributed by atoms with E-state index in [1.807, 2.05) is 44.2 Å². The second-order valence-corrected chi connectivity index (χ2v) is 11.3. The number of thiocarbonyl (C=S) groups is 1. The van der Waals surface area contributed by atoms with Crippen molar-refractivity contribution in [2.45, 2.75) is 33.2 Å². The number of rotatable bonds is 8. The Morgan fingerprint density at radius 2 is 1.92 bits per heavy atom. The van der Waals surface area contributed by atoms with E-state index in [0.29, 0.717) is 32.9 Å². The van der Waals surface area contributed by atoms with Crippen LogP contribution >= 0.6 is 47.2 Å². The van der Waals surface area contributed by atoms with Gasteiger partial charge in [-0.2, -0.15) is 9.78 Å². The van der Waals surface area contributed by atoms with E-state index in [1.54, 1.807) is 35.9 Å². The number of benzene rings is 2. The predicted molar refractivity (Wildman–Crippen MR) is 151 cm³/mol. The van der Waals surface area contributed by atoms with Gasteiger partial charge in [-0.15, -0.1) is 0 Å². The van der Waals surface area contributed by atoms with Crippen LogP contribution in [0.3, 0.4) is 0 Å². The third kappa shape index (κ3) is 5.85. The monoisotopic (exact) mass is 575 g/mol. The van der Waals surface area contributed by atoms with E-state index >= 15 is 0 Å². The molecule has 192 valence electrons. The zero-order valence-electron chi connectivity index (χ0n) is 20.1. The molecule has 2 heterocycles. The van der Waals surface area contributed by atoms with Gasteiger partial charge in [-0.1, -0.05) is 79.2 Å². The summed E-state index contributed by atoms with van der Waals surface area (Å²) in [6.07, 6.45) is 1.91. The summed E-state index contributed by atoms with van der Waals surface area (Å²) in [7, 11) is 0. The van der Waals surface area contributed by atoms with Gasteiger partial charge in [-0.25, -0.2) is 4.79 Å². The Kier molecular flexibility index (Phi) is 8.28. The Bertz CT molecular complexity index is 1410. The van der Waals surface area contributed by atoms with Crippen molar-refractivity contribution in [1.82, 2.24) is 14.7 Å². The number of hydrogen-bond acceptors (Lipinski definition) is 6. The summed E-state index contributed by atoms with van der Waals surface area (Å²) in [6.45, 7) is 5.59. The number of ether oxygens (including phenoxy) is 1. The number of para-hydroxylation sites is 1. The van der Waals surface area contributed by atoms with Crippen LogP contribution in [0.5, 0.6) is 11.6 Å². The Balaban J connectivity index is 1.80. The van der Waals surface area contributed by atoms with Crippen LogP contribution in [0.15, 0.2) is 53.4 Å². The fraction of sp³-hybridized carbons (Fsp3) is 0.231. The molecule has 0 spiro atoms. The Hall–Kier alpha value is -2.85. The number of hydrogen-bond donors (Lipinski definition) is 1. The predicted octanol–water partition coefficient (Wildman–Crippen LogP) is 6.98. The van der Waals surface area contributed by atoms with E-state index in [1.165, 1.54) is 4.90 Å². The number of aromatic nitrogens is 2. The first-order chi connectivity index (χ1) is 17.6. The van der Waals surface area contributed by atoms with Gasteiger partial charge in [0.25, 0.3) is 5.91 Å². The van der Waals surface area contributed by atoms with Crippen molar-refractivity contribution >= 4 is 69.5 Å². The second kappa shape index (κ2) is 11.3. The first-order valence-electron chi connectivity index (χ1n) is 11.3. The Morgan fingerprint density at radius 3 is 2.54 bits per heavy atom. The van der Waals surface area contributed by atoms with Gasteiger partial charge >= 0.3 is 5.97 Å². The quantitative estimate of drug-likeness (QED) is 0.229. The summed E-state index contributed by atoms with van der Waals surface area (Å²) in [5.41, 5.74) is 1.86. The van der Waals surface area contributed by atoms with Crippen LogP contribution in [0.4, 0.5) is 0 Å². The summed E-state index contributed by atoms with van der Waals surface area (Å²) in [4.78, 5) is 26.8. The molecule has 2 aromatic carbocycles. The summed E-state index contributed by atoms with van der Waals surface area (Å²) < 4.78 is 8.06. The lowest BCUT2D eigenvalue weighted by Crippen LogP contribution is -2.44. The molecule has 1 atom stereocenters. The number of aryl methyl sites for hydroxylation is 1. The molecule has 1 aromatic heterocycles. The van der Waals surface area contributed by atoms with Gasteiger partial charge in [-0.3, -0.25) is 9.69 Å². The maximum atomic E-state index is 13.4. The summed E-state index contributed by atoms with van der Waals surface area (Å²) in [5.74, 6) is -0.820. The number of amides is 1. The number of carbonyl (C=O) groups is 2. The smallest absolute Gasteiger partial charge is 0.326 e. The molecule has 0 aliphatic carbocycles. The molecule has 3 aromatic rings. The van der Waals surface area contributed by atoms with Crippen molar-refractivity contribution in [3.05, 3.63) is 74.7 Å². The van der Waals surface area contributed by atoms with Gasteiger partial charge in [0.05, 0.1) is 26.9 Å². The van der Waals surface area contributed by atoms with E-state index in [4.69, 9.17) is 40.2 Å². The molecule has 0 radical (unpaired) electrons. The van der Waals surface area contributed by atoms with Crippen molar-refractivity contribution < 1.29 is 19.4 Å². The lowest BCUT2D eigenvalue weighted by atomic mass is 10.0. The van der Waals surface area contributed by atoms with E-state index in [2.05, 4.69) is 5.10 Å². The zero-order chi connectivity index (χ0) is 26.9. The largest absolute Gasteiger partial charge is 0.480 e. The van der Waals surface area contributed by atoms with Gasteiger partial charge in [0.15, 0.2) is 0 Å². The molecule has 1 fully saturated rings. The molecule has 0 bridgehead atoms. The highest BCUT2D eigenvalue weighted by Gasteiger charge is 2.41. The molecule has 37 heavy (non-hydrogen) atoms. The van der Waals surface area contributed by atoms with E-state index in [0.717, 1.165) is 17.4 Å². The third-order valence-corrected chi connectivity index (χ3v) is 7.42. The normalized spacial score (nSPS) is 15.6. The molecule has 1 N–H and O–H groups in total. The number of thioether (sulfide) groups is 1. The maximum Gasteiger partial charge on any atom is 0.326 e. The van der Waals surface area contributed by atoms with Crippen molar-refractivity contribution in [3.63, 3.8) is 0 Å². The van der Waals surface area contributed by atoms with Gasteiger partial charge < -0.3 is 9.84 Å². The second-order valence-electron chi connectivity index (χ2n) is 8.76. The van der Waals surface area contributed by atoms with Crippen molar-refractivity contribution in [3.8, 4) is 17.3 Å². The minimum absolute atomic E-state index is 0.0604. The maximum absolute atomic E-state index is 13.4. The minimum Gasteiger partial charge on any atom is -0.480 e. The summed E-state index contributed by atoms with van der Waals surface area (Å²) in [6, 6.07) is 13.2. The van der Waals surface area contributed by atoms with Crippen molar-refractivity contribution in [2.24, 2.45) is 5.92 Å². The molecule has 1 aliphatic rings. The molecule has 11 heteroatoms. The summed E-state index contributed by atoms with van der Waals surface area (Å²) in [5, 5.41) is 15.2. The molecule has 0 saturated carbocycles. The number of nitrogens with zero attached hydrogens (tertiary/aromatic N) is 3. The van der Waals surface area contributed by atoms with Gasteiger partial charge in [-0.05, 0) is 55.7 Å². The Morgan fingerprint density at radius 1 is 1.22 bits per heavy atom. The standard InChI is InChI=1S/C26H23Cl2N3O4S2/c1-14(2)11-20(25(33)34)30-23(32)22(37-26(30)36)13-18-15(3)29-31(17-7-5-4-6-8-17)24(18)35-21-10-9-16(27)12-19(21)28/h4-10,12-14,20H,11H2,1-3H3,(H,33,34)/b22-13-/t20-/m0/s1. The highest BCUT2D eigenvalue weighted by atomic mass is 35.5. The van der Waals surface area contributed by atoms with Gasteiger partial charge in [0, 0.05) is 5.02 Å². The fourth-order valence-electron chi connectivity index (χ4n) is 3.83. The van der Waals surface area contributed by atoms with Crippen LogP contribution in [0.1, 0.15) is 31.5 Å². The lowest BCUT2D eigenvalue weighted by Gasteiger charge is -2.24. The number of carboxylic acid groups (broad SMARTS) is 1. The van der Waals surface area contributed by atoms with Crippen LogP contribution in [-0.4, -0.2) is 42.0 Å². The van der Waals surface area contributed by atoms with Crippen LogP contribution < -0.4 is 4.74 Å². The molecular formula is C26H23Cl2N3O4S2. The fourth-order valence-corrected chi connectivity index (χ4v) is 5.62. The van der Waals surface area contributed by atoms with Gasteiger partial charge in [0.1, 0.15) is 16.1 Å². The molecule has 0 unspecified atom stereocenters. The van der Waals surface area contributed by atoms with Crippen LogP contribution in [-0.2, 0) is 9.59 Å². The van der Waals surface area contributed by atoms with E-state index in [9.17, 15) is 14.7 Å².